The van der Waals surface area contributed by atoms with Crippen LogP contribution in [-0.2, 0) is 4.74 Å². The number of aryl methyl sites for hydroxylation is 2. The Kier molecular flexibility index (Phi) is 3.85. The van der Waals surface area contributed by atoms with Gasteiger partial charge in [-0.25, -0.2) is 4.79 Å². The molecule has 0 unspecified atom stereocenters. The van der Waals surface area contributed by atoms with Crippen molar-refractivity contribution in [1.29, 1.82) is 0 Å². The molecule has 0 saturated carbocycles. The lowest BCUT2D eigenvalue weighted by Gasteiger charge is -2.14. The van der Waals surface area contributed by atoms with Crippen molar-refractivity contribution >= 4 is 34.7 Å². The van der Waals surface area contributed by atoms with Crippen LogP contribution in [0.1, 0.15) is 20.1 Å². The lowest BCUT2D eigenvalue weighted by molar-refractivity contribution is 0.103. The van der Waals surface area contributed by atoms with Gasteiger partial charge in [0.1, 0.15) is 6.61 Å². The van der Waals surface area contributed by atoms with Gasteiger partial charge in [-0.2, -0.15) is 0 Å². The van der Waals surface area contributed by atoms with E-state index < -0.39 is 0 Å². The highest BCUT2D eigenvalue weighted by atomic mass is 32.1. The van der Waals surface area contributed by atoms with Gasteiger partial charge in [0.05, 0.1) is 11.4 Å². The SMILES string of the molecule is Cc1cc(C(=O)Nc2cccc(N3CCOC3=O)c2)sc1C. The molecule has 1 aromatic heterocycles. The molecule has 5 nitrogen and oxygen atoms in total. The topological polar surface area (TPSA) is 58.6 Å². The van der Waals surface area contributed by atoms with Crippen molar-refractivity contribution in [1.82, 2.24) is 0 Å². The van der Waals surface area contributed by atoms with E-state index in [0.717, 1.165) is 16.1 Å². The number of rotatable bonds is 3. The average molecular weight is 316 g/mol. The number of cyclic esters (lactones) is 1. The van der Waals surface area contributed by atoms with Crippen LogP contribution in [-0.4, -0.2) is 25.2 Å². The first-order valence-electron chi connectivity index (χ1n) is 6.97. The Bertz CT molecular complexity index is 719. The third-order valence-corrected chi connectivity index (χ3v) is 4.72. The highest BCUT2D eigenvalue weighted by molar-refractivity contribution is 7.14. The number of carbonyl (C=O) groups is 2. The minimum atomic E-state index is -0.354. The molecule has 1 aliphatic heterocycles. The van der Waals surface area contributed by atoms with Crippen molar-refractivity contribution in [3.63, 3.8) is 0 Å². The third-order valence-electron chi connectivity index (χ3n) is 3.57. The van der Waals surface area contributed by atoms with Crippen molar-refractivity contribution < 1.29 is 14.3 Å². The van der Waals surface area contributed by atoms with E-state index in [1.54, 1.807) is 17.0 Å². The van der Waals surface area contributed by atoms with Crippen LogP contribution in [0.15, 0.2) is 30.3 Å². The van der Waals surface area contributed by atoms with E-state index in [0.29, 0.717) is 23.7 Å². The van der Waals surface area contributed by atoms with Crippen LogP contribution < -0.4 is 10.2 Å². The van der Waals surface area contributed by atoms with Gasteiger partial charge >= 0.3 is 6.09 Å². The largest absolute Gasteiger partial charge is 0.447 e. The molecule has 1 saturated heterocycles. The lowest BCUT2D eigenvalue weighted by Crippen LogP contribution is -2.23. The van der Waals surface area contributed by atoms with Gasteiger partial charge in [-0.3, -0.25) is 9.69 Å². The number of hydrogen-bond acceptors (Lipinski definition) is 4. The van der Waals surface area contributed by atoms with Crippen LogP contribution in [0.5, 0.6) is 0 Å². The molecule has 3 rings (SSSR count). The number of benzene rings is 1. The van der Waals surface area contributed by atoms with E-state index in [2.05, 4.69) is 5.32 Å². The maximum absolute atomic E-state index is 12.3. The molecule has 2 aromatic rings. The maximum atomic E-state index is 12.3. The van der Waals surface area contributed by atoms with Crippen LogP contribution >= 0.6 is 11.3 Å². The van der Waals surface area contributed by atoms with Gasteiger partial charge in [0, 0.05) is 16.3 Å². The molecule has 2 amide bonds. The lowest BCUT2D eigenvalue weighted by atomic mass is 10.2. The fourth-order valence-electron chi connectivity index (χ4n) is 2.26. The summed E-state index contributed by atoms with van der Waals surface area (Å²) < 4.78 is 4.93. The second-order valence-corrected chi connectivity index (χ2v) is 6.38. The van der Waals surface area contributed by atoms with Crippen molar-refractivity contribution in [2.45, 2.75) is 13.8 Å². The number of nitrogens with one attached hydrogen (secondary N) is 1. The molecule has 0 bridgehead atoms. The number of carbonyl (C=O) groups excluding carboxylic acids is 2. The molecule has 1 fully saturated rings. The Hall–Kier alpha value is -2.34. The summed E-state index contributed by atoms with van der Waals surface area (Å²) in [5.74, 6) is -0.137. The minimum absolute atomic E-state index is 0.137. The third kappa shape index (κ3) is 2.82. The van der Waals surface area contributed by atoms with E-state index in [9.17, 15) is 9.59 Å². The van der Waals surface area contributed by atoms with E-state index in [1.807, 2.05) is 32.0 Å². The van der Waals surface area contributed by atoms with E-state index in [1.165, 1.54) is 11.3 Å². The highest BCUT2D eigenvalue weighted by Gasteiger charge is 2.23. The number of thiophene rings is 1. The number of ether oxygens (including phenoxy) is 1. The summed E-state index contributed by atoms with van der Waals surface area (Å²) >= 11 is 1.48. The van der Waals surface area contributed by atoms with Crippen LogP contribution in [0.2, 0.25) is 0 Å². The average Bonchev–Trinajstić information content (AvgIpc) is 3.06. The van der Waals surface area contributed by atoms with E-state index >= 15 is 0 Å². The quantitative estimate of drug-likeness (QED) is 0.941. The molecule has 1 N–H and O–H groups in total. The number of hydrogen-bond donors (Lipinski definition) is 1. The van der Waals surface area contributed by atoms with Crippen LogP contribution in [0.4, 0.5) is 16.2 Å². The van der Waals surface area contributed by atoms with E-state index in [4.69, 9.17) is 4.74 Å². The smallest absolute Gasteiger partial charge is 0.414 e. The number of anilines is 2. The molecule has 0 atom stereocenters. The van der Waals surface area contributed by atoms with Gasteiger partial charge in [0.15, 0.2) is 0 Å². The Morgan fingerprint density at radius 2 is 2.14 bits per heavy atom. The minimum Gasteiger partial charge on any atom is -0.447 e. The van der Waals surface area contributed by atoms with Gasteiger partial charge in [0.25, 0.3) is 5.91 Å². The van der Waals surface area contributed by atoms with Crippen molar-refractivity contribution in [2.75, 3.05) is 23.4 Å². The van der Waals surface area contributed by atoms with Gasteiger partial charge < -0.3 is 10.1 Å². The summed E-state index contributed by atoms with van der Waals surface area (Å²) in [4.78, 5) is 27.2. The molecule has 0 spiro atoms. The van der Waals surface area contributed by atoms with E-state index in [-0.39, 0.29) is 12.0 Å². The summed E-state index contributed by atoms with van der Waals surface area (Å²) in [6.07, 6.45) is -0.354. The number of nitrogens with zero attached hydrogens (tertiary/aromatic N) is 1. The van der Waals surface area contributed by atoms with Crippen molar-refractivity contribution in [2.24, 2.45) is 0 Å². The normalized spacial score (nSPS) is 14.1. The Labute approximate surface area is 132 Å². The number of amides is 2. The molecular formula is C16H16N2O3S. The molecule has 0 radical (unpaired) electrons. The predicted molar refractivity (Wildman–Crippen MR) is 86.9 cm³/mol. The molecule has 1 aliphatic rings. The molecule has 6 heteroatoms. The van der Waals surface area contributed by atoms with Crippen molar-refractivity contribution in [3.05, 3.63) is 45.6 Å². The Morgan fingerprint density at radius 1 is 1.32 bits per heavy atom. The second kappa shape index (κ2) is 5.81. The van der Waals surface area contributed by atoms with Gasteiger partial charge in [-0.15, -0.1) is 11.3 Å². The zero-order chi connectivity index (χ0) is 15.7. The van der Waals surface area contributed by atoms with Crippen LogP contribution in [0, 0.1) is 13.8 Å². The summed E-state index contributed by atoms with van der Waals surface area (Å²) in [6, 6.07) is 9.09. The van der Waals surface area contributed by atoms with Gasteiger partial charge in [-0.05, 0) is 43.7 Å². The fraction of sp³-hybridized carbons (Fsp3) is 0.250. The highest BCUT2D eigenvalue weighted by Crippen LogP contribution is 2.25. The molecule has 0 aliphatic carbocycles. The van der Waals surface area contributed by atoms with Crippen LogP contribution in [0.25, 0.3) is 0 Å². The second-order valence-electron chi connectivity index (χ2n) is 5.12. The zero-order valence-corrected chi connectivity index (χ0v) is 13.2. The zero-order valence-electron chi connectivity index (χ0n) is 12.4. The first-order chi connectivity index (χ1) is 10.5. The molecule has 1 aromatic carbocycles. The predicted octanol–water partition coefficient (Wildman–Crippen LogP) is 3.57. The molecule has 114 valence electrons. The van der Waals surface area contributed by atoms with Gasteiger partial charge in [-0.1, -0.05) is 6.07 Å². The van der Waals surface area contributed by atoms with Crippen LogP contribution in [0.3, 0.4) is 0 Å². The monoisotopic (exact) mass is 316 g/mol. The first kappa shape index (κ1) is 14.6. The fourth-order valence-corrected chi connectivity index (χ4v) is 3.19. The van der Waals surface area contributed by atoms with Crippen molar-refractivity contribution in [3.8, 4) is 0 Å². The maximum Gasteiger partial charge on any atom is 0.414 e. The summed E-state index contributed by atoms with van der Waals surface area (Å²) in [5, 5.41) is 2.87. The molecule has 2 heterocycles. The first-order valence-corrected chi connectivity index (χ1v) is 7.79. The summed E-state index contributed by atoms with van der Waals surface area (Å²) in [7, 11) is 0. The molecular weight excluding hydrogens is 300 g/mol. The summed E-state index contributed by atoms with van der Waals surface area (Å²) in [6.45, 7) is 4.90. The molecule has 22 heavy (non-hydrogen) atoms. The standard InChI is InChI=1S/C16H16N2O3S/c1-10-8-14(22-11(10)2)15(19)17-12-4-3-5-13(9-12)18-6-7-21-16(18)20/h3-5,8-9H,6-7H2,1-2H3,(H,17,19). The Morgan fingerprint density at radius 3 is 2.77 bits per heavy atom. The summed E-state index contributed by atoms with van der Waals surface area (Å²) in [5.41, 5.74) is 2.49. The van der Waals surface area contributed by atoms with Gasteiger partial charge in [0.2, 0.25) is 0 Å². The Balaban J connectivity index is 1.78.